The van der Waals surface area contributed by atoms with Crippen molar-refractivity contribution in [2.24, 2.45) is 0 Å². The fourth-order valence-corrected chi connectivity index (χ4v) is 7.63. The number of rotatable bonds is 17. The van der Waals surface area contributed by atoms with E-state index < -0.39 is 53.4 Å². The number of aromatic hydroxyl groups is 2. The van der Waals surface area contributed by atoms with Gasteiger partial charge in [0.1, 0.15) is 38.9 Å². The van der Waals surface area contributed by atoms with Gasteiger partial charge in [0, 0.05) is 12.1 Å². The van der Waals surface area contributed by atoms with E-state index in [0.29, 0.717) is 28.1 Å². The minimum atomic E-state index is -1.17. The number of phenolic OH excluding ortho intramolecular Hbond substituents is 2. The highest BCUT2D eigenvalue weighted by atomic mass is 32.1. The standard InChI is InChI=1S/C24H24N4O6S.C22H28N4O7S/c1-14-20(35-24(26-14)28-19(30)12-15-7-6-10-17(29)11-15)22(32)27-18(23(33)34-2)13-25-21(31)16-8-4-3-5-9-16;1-12-17(34-20(24-12)26-16(28)10-13-7-6-8-14(27)9-13)18(29)25-15(19(30)32-5)11-23-21(31)33-22(2,3)4/h3-11,18,29H,12-13H2,1-2H3,(H,25,31)(H,27,32)(H,26,28,30);6-9,15,27H,10-11H2,1-5H3,(H,23,31)(H,25,29)(H,24,26,28)/t18-;15-/m00/s1. The van der Waals surface area contributed by atoms with Crippen molar-refractivity contribution >= 4 is 80.5 Å². The summed E-state index contributed by atoms with van der Waals surface area (Å²) in [5.41, 5.74) is 1.62. The molecule has 21 nitrogen and oxygen atoms in total. The maximum absolute atomic E-state index is 12.8. The Morgan fingerprint density at radius 1 is 0.609 bits per heavy atom. The Hall–Kier alpha value is -7.92. The van der Waals surface area contributed by atoms with E-state index in [0.717, 1.165) is 29.8 Å². The van der Waals surface area contributed by atoms with Crippen molar-refractivity contribution in [2.75, 3.05) is 37.9 Å². The Bertz CT molecular complexity index is 2650. The molecule has 0 fully saturated rings. The van der Waals surface area contributed by atoms with Gasteiger partial charge in [-0.2, -0.15) is 0 Å². The third-order valence-electron chi connectivity index (χ3n) is 8.98. The first kappa shape index (κ1) is 53.7. The highest BCUT2D eigenvalue weighted by Crippen LogP contribution is 2.25. The Balaban J connectivity index is 0.000000301. The number of carbonyl (C=O) groups is 8. The van der Waals surface area contributed by atoms with Crippen molar-refractivity contribution < 1.29 is 62.8 Å². The van der Waals surface area contributed by atoms with Gasteiger partial charge >= 0.3 is 18.0 Å². The van der Waals surface area contributed by atoms with Gasteiger partial charge in [0.05, 0.1) is 45.0 Å². The summed E-state index contributed by atoms with van der Waals surface area (Å²) in [7, 11) is 2.34. The van der Waals surface area contributed by atoms with Crippen LogP contribution in [-0.4, -0.2) is 113 Å². The van der Waals surface area contributed by atoms with Gasteiger partial charge in [-0.3, -0.25) is 24.0 Å². The number of methoxy groups -OCH3 is 2. The number of anilines is 2. The fraction of sp³-hybridized carbons (Fsp3) is 0.304. The van der Waals surface area contributed by atoms with Gasteiger partial charge in [0.2, 0.25) is 11.8 Å². The number of ether oxygens (including phenoxy) is 3. The molecule has 366 valence electrons. The van der Waals surface area contributed by atoms with Crippen molar-refractivity contribution in [3.8, 4) is 11.5 Å². The molecule has 5 rings (SSSR count). The SMILES string of the molecule is COC(=O)[C@H](CNC(=O)OC(C)(C)C)NC(=O)c1sc(NC(=O)Cc2cccc(O)c2)nc1C.COC(=O)[C@H](CNC(=O)c1ccccc1)NC(=O)c1sc(NC(=O)Cc2cccc(O)c2)nc1C. The summed E-state index contributed by atoms with van der Waals surface area (Å²) >= 11 is 1.88. The summed E-state index contributed by atoms with van der Waals surface area (Å²) in [6.45, 7) is 7.83. The number of phenols is 2. The number of carbonyl (C=O) groups excluding carboxylic acids is 8. The first-order valence-corrected chi connectivity index (χ1v) is 22.5. The predicted molar refractivity (Wildman–Crippen MR) is 254 cm³/mol. The number of nitrogens with one attached hydrogen (secondary N) is 6. The number of amides is 6. The molecule has 0 aliphatic carbocycles. The van der Waals surface area contributed by atoms with Crippen LogP contribution in [0, 0.1) is 13.8 Å². The Morgan fingerprint density at radius 2 is 1.04 bits per heavy atom. The third-order valence-corrected chi connectivity index (χ3v) is 11.1. The van der Waals surface area contributed by atoms with Gasteiger partial charge in [-0.15, -0.1) is 0 Å². The molecule has 0 saturated heterocycles. The van der Waals surface area contributed by atoms with Crippen molar-refractivity contribution in [1.82, 2.24) is 31.2 Å². The lowest BCUT2D eigenvalue weighted by molar-refractivity contribution is -0.143. The molecule has 2 atom stereocenters. The van der Waals surface area contributed by atoms with Gasteiger partial charge in [0.25, 0.3) is 17.7 Å². The van der Waals surface area contributed by atoms with Gasteiger partial charge in [0.15, 0.2) is 10.3 Å². The number of hydrogen-bond donors (Lipinski definition) is 8. The van der Waals surface area contributed by atoms with Crippen LogP contribution in [-0.2, 0) is 46.2 Å². The molecule has 69 heavy (non-hydrogen) atoms. The van der Waals surface area contributed by atoms with E-state index in [2.05, 4.69) is 41.9 Å². The number of alkyl carbamates (subject to hydrolysis) is 1. The summed E-state index contributed by atoms with van der Waals surface area (Å²) in [5, 5.41) is 34.8. The van der Waals surface area contributed by atoms with Crippen molar-refractivity contribution in [3.63, 3.8) is 0 Å². The first-order chi connectivity index (χ1) is 32.6. The minimum absolute atomic E-state index is 0.00923. The van der Waals surface area contributed by atoms with Gasteiger partial charge in [-0.25, -0.2) is 24.4 Å². The summed E-state index contributed by atoms with van der Waals surface area (Å²) < 4.78 is 14.6. The normalized spacial score (nSPS) is 11.5. The van der Waals surface area contributed by atoms with Gasteiger partial charge in [-0.1, -0.05) is 65.1 Å². The topological polar surface area (TPSA) is 303 Å². The lowest BCUT2D eigenvalue weighted by Crippen LogP contribution is -2.49. The third kappa shape index (κ3) is 17.7. The van der Waals surface area contributed by atoms with E-state index >= 15 is 0 Å². The van der Waals surface area contributed by atoms with Crippen molar-refractivity contribution in [1.29, 1.82) is 0 Å². The number of aromatic nitrogens is 2. The van der Waals surface area contributed by atoms with Gasteiger partial charge in [-0.05, 0) is 82.1 Å². The monoisotopic (exact) mass is 988 g/mol. The lowest BCUT2D eigenvalue weighted by Gasteiger charge is -2.21. The lowest BCUT2D eigenvalue weighted by atomic mass is 10.1. The average Bonchev–Trinajstić information content (AvgIpc) is 3.85. The molecule has 0 unspecified atom stereocenters. The molecule has 0 aliphatic rings. The van der Waals surface area contributed by atoms with Crippen LogP contribution in [0.25, 0.3) is 0 Å². The minimum Gasteiger partial charge on any atom is -0.508 e. The van der Waals surface area contributed by atoms with E-state index in [1.54, 1.807) is 89.2 Å². The van der Waals surface area contributed by atoms with Crippen molar-refractivity contribution in [2.45, 2.75) is 65.1 Å². The molecule has 0 saturated carbocycles. The summed E-state index contributed by atoms with van der Waals surface area (Å²) in [4.78, 5) is 107. The maximum atomic E-state index is 12.8. The van der Waals surface area contributed by atoms with E-state index in [1.807, 2.05) is 0 Å². The molecular formula is C46H52N8O13S2. The largest absolute Gasteiger partial charge is 0.508 e. The first-order valence-electron chi connectivity index (χ1n) is 20.8. The number of benzene rings is 3. The molecule has 0 radical (unpaired) electrons. The summed E-state index contributed by atoms with van der Waals surface area (Å²) in [6.07, 6.45) is -0.726. The quantitative estimate of drug-likeness (QED) is 0.0479. The maximum Gasteiger partial charge on any atom is 0.407 e. The highest BCUT2D eigenvalue weighted by Gasteiger charge is 2.28. The number of hydrogen-bond acceptors (Lipinski definition) is 17. The summed E-state index contributed by atoms with van der Waals surface area (Å²) in [6, 6.07) is 18.8. The van der Waals surface area contributed by atoms with Gasteiger partial charge < -0.3 is 56.3 Å². The molecule has 6 amide bonds. The fourth-order valence-electron chi connectivity index (χ4n) is 5.86. The zero-order valence-electron chi connectivity index (χ0n) is 38.6. The van der Waals surface area contributed by atoms with Crippen LogP contribution in [0.5, 0.6) is 11.5 Å². The number of esters is 2. The molecule has 0 aliphatic heterocycles. The number of aryl methyl sites for hydroxylation is 2. The zero-order chi connectivity index (χ0) is 50.8. The molecule has 8 N–H and O–H groups in total. The molecular weight excluding hydrogens is 937 g/mol. The predicted octanol–water partition coefficient (Wildman–Crippen LogP) is 4.17. The van der Waals surface area contributed by atoms with E-state index in [-0.39, 0.29) is 69.3 Å². The molecule has 0 spiro atoms. The number of nitrogens with zero attached hydrogens (tertiary/aromatic N) is 2. The van der Waals surface area contributed by atoms with Crippen LogP contribution in [0.2, 0.25) is 0 Å². The average molecular weight is 989 g/mol. The van der Waals surface area contributed by atoms with Crippen molar-refractivity contribution in [3.05, 3.63) is 117 Å². The van der Waals surface area contributed by atoms with Crippen LogP contribution < -0.4 is 31.9 Å². The molecule has 5 aromatic rings. The van der Waals surface area contributed by atoms with Crippen LogP contribution in [0.3, 0.4) is 0 Å². The smallest absolute Gasteiger partial charge is 0.407 e. The number of thiazole rings is 2. The van der Waals surface area contributed by atoms with Crippen LogP contribution in [0.15, 0.2) is 78.9 Å². The van der Waals surface area contributed by atoms with Crippen LogP contribution in [0.4, 0.5) is 15.1 Å². The van der Waals surface area contributed by atoms with E-state index in [4.69, 9.17) is 14.2 Å². The second-order valence-corrected chi connectivity index (χ2v) is 17.7. The second kappa shape index (κ2) is 25.3. The molecule has 23 heteroatoms. The molecule has 2 heterocycles. The Morgan fingerprint density at radius 3 is 1.45 bits per heavy atom. The Kier molecular flexibility index (Phi) is 19.7. The molecule has 0 bridgehead atoms. The molecule has 3 aromatic carbocycles. The summed E-state index contributed by atoms with van der Waals surface area (Å²) in [5.74, 6) is -3.75. The zero-order valence-corrected chi connectivity index (χ0v) is 40.2. The molecule has 2 aromatic heterocycles. The highest BCUT2D eigenvalue weighted by molar-refractivity contribution is 7.18. The second-order valence-electron chi connectivity index (χ2n) is 15.7. The van der Waals surface area contributed by atoms with Crippen LogP contribution in [0.1, 0.15) is 73.0 Å². The Labute approximate surface area is 404 Å². The van der Waals surface area contributed by atoms with E-state index in [1.165, 1.54) is 31.4 Å². The van der Waals surface area contributed by atoms with Crippen LogP contribution >= 0.6 is 22.7 Å². The van der Waals surface area contributed by atoms with E-state index in [9.17, 15) is 48.6 Å².